The topological polar surface area (TPSA) is 79.2 Å². The maximum Gasteiger partial charge on any atom is 0.431 e. The van der Waals surface area contributed by atoms with Crippen LogP contribution in [0.2, 0.25) is 0 Å². The van der Waals surface area contributed by atoms with E-state index in [1.54, 1.807) is 30.3 Å². The largest absolute Gasteiger partial charge is 0.457 e. The first-order chi connectivity index (χ1) is 15.0. The number of halogens is 4. The number of nitrogens with two attached hydrogens (primary N) is 1. The maximum absolute atomic E-state index is 14.7. The van der Waals surface area contributed by atoms with E-state index in [0.717, 1.165) is 19.2 Å². The lowest BCUT2D eigenvalue weighted by atomic mass is 10.1. The molecule has 11 heteroatoms. The SMILES string of the molecule is CC.Cn1c(C(F)(F)F)cc(=O)n(-c2cc(Oc3ccccc3)c(C(N)=S)cc2F)c1=O. The fraction of sp³-hybridized carbons (Fsp3) is 0.190. The van der Waals surface area contributed by atoms with E-state index in [2.05, 4.69) is 0 Å². The van der Waals surface area contributed by atoms with Crippen molar-refractivity contribution in [1.29, 1.82) is 0 Å². The van der Waals surface area contributed by atoms with E-state index in [1.807, 2.05) is 13.8 Å². The molecule has 0 radical (unpaired) electrons. The molecule has 0 unspecified atom stereocenters. The van der Waals surface area contributed by atoms with E-state index < -0.39 is 34.6 Å². The molecule has 0 aliphatic rings. The van der Waals surface area contributed by atoms with E-state index in [9.17, 15) is 27.2 Å². The molecule has 1 heterocycles. The molecule has 0 saturated heterocycles. The lowest BCUT2D eigenvalue weighted by Crippen LogP contribution is -2.41. The summed E-state index contributed by atoms with van der Waals surface area (Å²) in [5, 5.41) is 0. The highest BCUT2D eigenvalue weighted by Crippen LogP contribution is 2.30. The third kappa shape index (κ3) is 5.05. The highest BCUT2D eigenvalue weighted by molar-refractivity contribution is 7.80. The Kier molecular flexibility index (Phi) is 7.57. The van der Waals surface area contributed by atoms with E-state index in [4.69, 9.17) is 22.7 Å². The van der Waals surface area contributed by atoms with Crippen molar-refractivity contribution >= 4 is 17.2 Å². The molecule has 1 aromatic heterocycles. The van der Waals surface area contributed by atoms with Gasteiger partial charge in [0.05, 0.1) is 11.3 Å². The van der Waals surface area contributed by atoms with Gasteiger partial charge in [0.1, 0.15) is 28.0 Å². The van der Waals surface area contributed by atoms with Gasteiger partial charge in [-0.05, 0) is 18.2 Å². The molecule has 32 heavy (non-hydrogen) atoms. The second kappa shape index (κ2) is 9.77. The lowest BCUT2D eigenvalue weighted by Gasteiger charge is -2.16. The summed E-state index contributed by atoms with van der Waals surface area (Å²) in [5.41, 5.74) is 0.758. The van der Waals surface area contributed by atoms with E-state index >= 15 is 0 Å². The van der Waals surface area contributed by atoms with Crippen LogP contribution in [-0.4, -0.2) is 14.1 Å². The summed E-state index contributed by atoms with van der Waals surface area (Å²) < 4.78 is 60.0. The summed E-state index contributed by atoms with van der Waals surface area (Å²) in [5.74, 6) is -0.864. The van der Waals surface area contributed by atoms with Crippen LogP contribution in [0.1, 0.15) is 25.1 Å². The van der Waals surface area contributed by atoms with Crippen molar-refractivity contribution in [3.8, 4) is 17.2 Å². The van der Waals surface area contributed by atoms with Crippen molar-refractivity contribution in [2.75, 3.05) is 0 Å². The van der Waals surface area contributed by atoms with Gasteiger partial charge >= 0.3 is 11.9 Å². The Morgan fingerprint density at radius 3 is 2.19 bits per heavy atom. The van der Waals surface area contributed by atoms with Crippen molar-refractivity contribution in [3.63, 3.8) is 0 Å². The van der Waals surface area contributed by atoms with Crippen LogP contribution in [0.3, 0.4) is 0 Å². The normalized spacial score (nSPS) is 10.8. The molecule has 2 aromatic carbocycles. The second-order valence-corrected chi connectivity index (χ2v) is 6.56. The molecule has 170 valence electrons. The third-order valence-corrected chi connectivity index (χ3v) is 4.36. The number of nitrogens with zero attached hydrogens (tertiary/aromatic N) is 2. The Labute approximate surface area is 185 Å². The molecular formula is C21H19F4N3O3S. The molecule has 0 aliphatic heterocycles. The van der Waals surface area contributed by atoms with Crippen LogP contribution >= 0.6 is 12.2 Å². The van der Waals surface area contributed by atoms with Crippen molar-refractivity contribution in [1.82, 2.24) is 9.13 Å². The van der Waals surface area contributed by atoms with Crippen molar-refractivity contribution in [2.45, 2.75) is 20.0 Å². The van der Waals surface area contributed by atoms with Gasteiger partial charge in [-0.15, -0.1) is 0 Å². The quantitative estimate of drug-likeness (QED) is 0.459. The predicted octanol–water partition coefficient (Wildman–Crippen LogP) is 4.15. The number of hydrogen-bond acceptors (Lipinski definition) is 4. The minimum absolute atomic E-state index is 0.0214. The maximum atomic E-state index is 14.7. The molecule has 6 nitrogen and oxygen atoms in total. The van der Waals surface area contributed by atoms with E-state index in [-0.39, 0.29) is 31.5 Å². The first-order valence-corrected chi connectivity index (χ1v) is 9.68. The molecule has 0 fully saturated rings. The number of rotatable bonds is 4. The first kappa shape index (κ1) is 24.8. The number of thiocarbonyl (C=S) groups is 1. The van der Waals surface area contributed by atoms with Gasteiger partial charge in [0.2, 0.25) is 0 Å². The van der Waals surface area contributed by atoms with Crippen LogP contribution in [-0.2, 0) is 13.2 Å². The summed E-state index contributed by atoms with van der Waals surface area (Å²) in [6.45, 7) is 4.00. The Hall–Kier alpha value is -3.47. The summed E-state index contributed by atoms with van der Waals surface area (Å²) in [4.78, 5) is 24.5. The van der Waals surface area contributed by atoms with Gasteiger partial charge in [0.15, 0.2) is 0 Å². The Morgan fingerprint density at radius 2 is 1.66 bits per heavy atom. The summed E-state index contributed by atoms with van der Waals surface area (Å²) >= 11 is 4.89. The number of alkyl halides is 3. The Bertz CT molecular complexity index is 1250. The number of hydrogen-bond donors (Lipinski definition) is 1. The minimum Gasteiger partial charge on any atom is -0.457 e. The van der Waals surface area contributed by atoms with Crippen molar-refractivity contribution in [2.24, 2.45) is 12.8 Å². The van der Waals surface area contributed by atoms with Crippen LogP contribution in [0.4, 0.5) is 17.6 Å². The third-order valence-electron chi connectivity index (χ3n) is 4.14. The zero-order valence-electron chi connectivity index (χ0n) is 17.2. The minimum atomic E-state index is -4.94. The number of benzene rings is 2. The molecule has 0 aliphatic carbocycles. The monoisotopic (exact) mass is 469 g/mol. The fourth-order valence-corrected chi connectivity index (χ4v) is 2.89. The molecule has 2 N–H and O–H groups in total. The summed E-state index contributed by atoms with van der Waals surface area (Å²) in [6.07, 6.45) is -4.94. The molecule has 0 amide bonds. The molecule has 0 spiro atoms. The predicted molar refractivity (Wildman–Crippen MR) is 116 cm³/mol. The van der Waals surface area contributed by atoms with Gasteiger partial charge in [0.25, 0.3) is 5.56 Å². The highest BCUT2D eigenvalue weighted by Gasteiger charge is 2.35. The second-order valence-electron chi connectivity index (χ2n) is 6.12. The van der Waals surface area contributed by atoms with Gasteiger partial charge in [-0.25, -0.2) is 13.8 Å². The number of aromatic nitrogens is 2. The molecule has 3 rings (SSSR count). The van der Waals surface area contributed by atoms with Gasteiger partial charge in [0, 0.05) is 19.2 Å². The van der Waals surface area contributed by atoms with Crippen LogP contribution in [0, 0.1) is 5.82 Å². The van der Waals surface area contributed by atoms with Gasteiger partial charge in [-0.3, -0.25) is 9.36 Å². The summed E-state index contributed by atoms with van der Waals surface area (Å²) in [6, 6.07) is 10.2. The zero-order chi connectivity index (χ0) is 24.2. The van der Waals surface area contributed by atoms with Gasteiger partial charge in [-0.1, -0.05) is 44.3 Å². The van der Waals surface area contributed by atoms with E-state index in [0.29, 0.717) is 5.75 Å². The molecule has 0 saturated carbocycles. The molecular weight excluding hydrogens is 450 g/mol. The molecule has 3 aromatic rings. The Balaban J connectivity index is 0.00000176. The number of ether oxygens (including phenoxy) is 1. The average molecular weight is 469 g/mol. The molecule has 0 bridgehead atoms. The Morgan fingerprint density at radius 1 is 1.06 bits per heavy atom. The summed E-state index contributed by atoms with van der Waals surface area (Å²) in [7, 11) is 0.823. The van der Waals surface area contributed by atoms with Crippen molar-refractivity contribution in [3.05, 3.63) is 86.4 Å². The smallest absolute Gasteiger partial charge is 0.431 e. The standard InChI is InChI=1S/C19H13F4N3O3S.C2H6/c1-25-15(19(21,22)23)9-16(27)26(18(25)28)13-8-14(11(17(24)30)7-12(13)20)29-10-5-3-2-4-6-10;1-2/h2-9H,1H3,(H2,24,30);1-2H3. The van der Waals surface area contributed by atoms with Crippen LogP contribution in [0.15, 0.2) is 58.1 Å². The average Bonchev–Trinajstić information content (AvgIpc) is 2.74. The van der Waals surface area contributed by atoms with Gasteiger partial charge < -0.3 is 10.5 Å². The van der Waals surface area contributed by atoms with Crippen LogP contribution < -0.4 is 21.7 Å². The van der Waals surface area contributed by atoms with Crippen LogP contribution in [0.25, 0.3) is 5.69 Å². The fourth-order valence-electron chi connectivity index (χ4n) is 2.73. The highest BCUT2D eigenvalue weighted by atomic mass is 32.1. The molecule has 0 atom stereocenters. The lowest BCUT2D eigenvalue weighted by molar-refractivity contribution is -0.144. The van der Waals surface area contributed by atoms with Gasteiger partial charge in [-0.2, -0.15) is 13.2 Å². The van der Waals surface area contributed by atoms with Crippen molar-refractivity contribution < 1.29 is 22.3 Å². The zero-order valence-corrected chi connectivity index (χ0v) is 18.1. The first-order valence-electron chi connectivity index (χ1n) is 9.27. The van der Waals surface area contributed by atoms with E-state index in [1.165, 1.54) is 0 Å². The number of para-hydroxylation sites is 1. The van der Waals surface area contributed by atoms with Crippen LogP contribution in [0.5, 0.6) is 11.5 Å².